The largest absolute Gasteiger partial charge is 0.403 e. The van der Waals surface area contributed by atoms with Crippen molar-refractivity contribution in [1.82, 2.24) is 0 Å². The Morgan fingerprint density at radius 2 is 1.14 bits per heavy atom. The average molecular weight is 418 g/mol. The molecule has 8 atom stereocenters. The van der Waals surface area contributed by atoms with Crippen LogP contribution in [0.3, 0.4) is 0 Å². The Labute approximate surface area is 154 Å². The van der Waals surface area contributed by atoms with Gasteiger partial charge in [0.2, 0.25) is 0 Å². The van der Waals surface area contributed by atoms with Crippen LogP contribution in [0.5, 0.6) is 0 Å². The molecule has 8 N–H and O–H groups in total. The molecule has 0 bridgehead atoms. The molecule has 2 saturated heterocycles. The lowest BCUT2D eigenvalue weighted by atomic mass is 10.1. The summed E-state index contributed by atoms with van der Waals surface area (Å²) in [7, 11) is 0. The van der Waals surface area contributed by atoms with Crippen LogP contribution in [0.25, 0.3) is 0 Å². The second-order valence-electron chi connectivity index (χ2n) is 5.74. The third-order valence-corrected chi connectivity index (χ3v) is 3.98. The molecule has 2 aliphatic heterocycles. The minimum Gasteiger partial charge on any atom is -0.394 e. The monoisotopic (exact) mass is 418 g/mol. The molecule has 0 amide bonds. The van der Waals surface area contributed by atoms with Gasteiger partial charge in [0, 0.05) is 0 Å². The maximum atomic E-state index is 12.0. The molecule has 0 aliphatic carbocycles. The summed E-state index contributed by atoms with van der Waals surface area (Å²) >= 11 is 0. The van der Waals surface area contributed by atoms with Crippen LogP contribution in [0.2, 0.25) is 0 Å². The minimum absolute atomic E-state index is 0.990. The first kappa shape index (κ1) is 23.1. The van der Waals surface area contributed by atoms with Crippen molar-refractivity contribution in [2.24, 2.45) is 0 Å². The number of carbonyl (C=O) groups is 2. The number of ketones is 2. The van der Waals surface area contributed by atoms with Crippen molar-refractivity contribution in [3.8, 4) is 0 Å². The highest BCUT2D eigenvalue weighted by atomic mass is 17.4. The van der Waals surface area contributed by atoms with Gasteiger partial charge in [-0.05, 0) is 0 Å². The second kappa shape index (κ2) is 8.65. The zero-order chi connectivity index (χ0) is 21.3. The molecular weight excluding hydrogens is 400 g/mol. The van der Waals surface area contributed by atoms with Crippen molar-refractivity contribution in [3.63, 3.8) is 0 Å². The van der Waals surface area contributed by atoms with Crippen molar-refractivity contribution < 1.29 is 79.8 Å². The number of hydrogen-bond acceptors (Lipinski definition) is 16. The van der Waals surface area contributed by atoms with E-state index in [1.807, 2.05) is 0 Å². The molecule has 0 aromatic carbocycles. The van der Waals surface area contributed by atoms with E-state index in [4.69, 9.17) is 30.2 Å². The first-order valence-corrected chi connectivity index (χ1v) is 7.53. The summed E-state index contributed by atoms with van der Waals surface area (Å²) < 4.78 is 9.39. The standard InChI is InChI=1S/C12H18O16/c13-1-3(15)7-5(17)9(19)11(23-7,25-21)27-28-12(26-22)10(20)6(18)8(24-12)4(16)2-14/h3-8,13-18,21-22H,1-2H2/t3-,4-,5?,6?,7+,8+,11?,12?/m0/s1. The second-order valence-corrected chi connectivity index (χ2v) is 5.74. The Balaban J connectivity index is 2.22. The highest BCUT2D eigenvalue weighted by molar-refractivity contribution is 5.91. The van der Waals surface area contributed by atoms with E-state index in [0.29, 0.717) is 0 Å². The van der Waals surface area contributed by atoms with Gasteiger partial charge in [0.05, 0.1) is 13.2 Å². The number of hydrogen-bond donors (Lipinski definition) is 8. The number of aliphatic hydroxyl groups excluding tert-OH is 6. The molecule has 28 heavy (non-hydrogen) atoms. The molecule has 0 aromatic rings. The van der Waals surface area contributed by atoms with Gasteiger partial charge in [-0.1, -0.05) is 0 Å². The lowest BCUT2D eigenvalue weighted by molar-refractivity contribution is -0.619. The molecular formula is C12H18O16. The Hall–Kier alpha value is -1.22. The summed E-state index contributed by atoms with van der Waals surface area (Å²) in [4.78, 5) is 40.1. The van der Waals surface area contributed by atoms with E-state index in [1.165, 1.54) is 0 Å². The number of rotatable bonds is 9. The third kappa shape index (κ3) is 3.67. The molecule has 4 unspecified atom stereocenters. The number of ether oxygens (including phenoxy) is 2. The van der Waals surface area contributed by atoms with E-state index in [2.05, 4.69) is 19.6 Å². The lowest BCUT2D eigenvalue weighted by Gasteiger charge is -2.28. The fourth-order valence-electron chi connectivity index (χ4n) is 2.44. The van der Waals surface area contributed by atoms with Crippen molar-refractivity contribution in [1.29, 1.82) is 0 Å². The van der Waals surface area contributed by atoms with Crippen LogP contribution in [0.15, 0.2) is 0 Å². The number of aliphatic hydroxyl groups is 6. The third-order valence-electron chi connectivity index (χ3n) is 3.98. The van der Waals surface area contributed by atoms with Crippen molar-refractivity contribution in [2.45, 2.75) is 48.6 Å². The van der Waals surface area contributed by atoms with Crippen molar-refractivity contribution >= 4 is 11.6 Å². The summed E-state index contributed by atoms with van der Waals surface area (Å²) in [6.45, 7) is -1.98. The van der Waals surface area contributed by atoms with E-state index in [1.54, 1.807) is 0 Å². The molecule has 2 heterocycles. The Morgan fingerprint density at radius 1 is 0.821 bits per heavy atom. The number of Topliss-reactive ketones (excluding diaryl/α,β-unsaturated/α-hetero) is 2. The maximum absolute atomic E-state index is 12.0. The molecule has 16 heteroatoms. The molecule has 2 aliphatic rings. The van der Waals surface area contributed by atoms with E-state index in [0.717, 1.165) is 0 Å². The maximum Gasteiger partial charge on any atom is 0.403 e. The van der Waals surface area contributed by atoms with Crippen LogP contribution < -0.4 is 0 Å². The fourth-order valence-corrected chi connectivity index (χ4v) is 2.44. The summed E-state index contributed by atoms with van der Waals surface area (Å²) in [6.07, 6.45) is -11.9. The Morgan fingerprint density at radius 3 is 1.39 bits per heavy atom. The SMILES string of the molecule is O=C1C(O)[C@@H]([C@@H](O)CO)OC1(OO)OOC1(OO)O[C@H]([C@@H](O)CO)C(O)C1=O. The van der Waals surface area contributed by atoms with Gasteiger partial charge < -0.3 is 40.1 Å². The molecule has 2 rings (SSSR count). The Kier molecular flexibility index (Phi) is 7.12. The first-order chi connectivity index (χ1) is 13.1. The van der Waals surface area contributed by atoms with Crippen LogP contribution in [0.1, 0.15) is 0 Å². The van der Waals surface area contributed by atoms with Gasteiger partial charge in [-0.25, -0.2) is 10.5 Å². The van der Waals surface area contributed by atoms with Gasteiger partial charge in [0.25, 0.3) is 11.6 Å². The van der Waals surface area contributed by atoms with Gasteiger partial charge in [-0.15, -0.1) is 0 Å². The first-order valence-electron chi connectivity index (χ1n) is 7.53. The molecule has 0 radical (unpaired) electrons. The van der Waals surface area contributed by atoms with Crippen LogP contribution in [-0.4, -0.2) is 115 Å². The summed E-state index contributed by atoms with van der Waals surface area (Å²) in [5.41, 5.74) is 0. The lowest BCUT2D eigenvalue weighted by Crippen LogP contribution is -2.50. The van der Waals surface area contributed by atoms with Gasteiger partial charge >= 0.3 is 11.9 Å². The van der Waals surface area contributed by atoms with Gasteiger partial charge in [0.15, 0.2) is 0 Å². The summed E-state index contributed by atoms with van der Waals surface area (Å²) in [5, 5.41) is 74.1. The molecule has 16 nitrogen and oxygen atoms in total. The highest BCUT2D eigenvalue weighted by Gasteiger charge is 2.65. The quantitative estimate of drug-likeness (QED) is 0.0987. The van der Waals surface area contributed by atoms with Gasteiger partial charge in [0.1, 0.15) is 36.6 Å². The van der Waals surface area contributed by atoms with Gasteiger partial charge in [-0.3, -0.25) is 9.59 Å². The smallest absolute Gasteiger partial charge is 0.394 e. The molecule has 162 valence electrons. The summed E-state index contributed by atoms with van der Waals surface area (Å²) in [5.74, 6) is -9.90. The van der Waals surface area contributed by atoms with E-state index >= 15 is 0 Å². The van der Waals surface area contributed by atoms with Crippen molar-refractivity contribution in [3.05, 3.63) is 0 Å². The minimum atomic E-state index is -3.34. The van der Waals surface area contributed by atoms with Crippen LogP contribution >= 0.6 is 0 Å². The van der Waals surface area contributed by atoms with Crippen LogP contribution in [0.4, 0.5) is 0 Å². The van der Waals surface area contributed by atoms with Crippen LogP contribution in [0, 0.1) is 0 Å². The normalized spacial score (nSPS) is 40.9. The molecule has 0 saturated carbocycles. The zero-order valence-corrected chi connectivity index (χ0v) is 13.7. The predicted molar refractivity (Wildman–Crippen MR) is 73.0 cm³/mol. The highest BCUT2D eigenvalue weighted by Crippen LogP contribution is 2.36. The molecule has 2 fully saturated rings. The molecule has 0 aromatic heterocycles. The topological polar surface area (TPSA) is 251 Å². The van der Waals surface area contributed by atoms with Crippen molar-refractivity contribution in [2.75, 3.05) is 13.2 Å². The predicted octanol–water partition coefficient (Wildman–Crippen LogP) is -5.41. The van der Waals surface area contributed by atoms with Gasteiger partial charge in [-0.2, -0.15) is 19.6 Å². The molecule has 0 spiro atoms. The van der Waals surface area contributed by atoms with E-state index < -0.39 is 73.4 Å². The Bertz CT molecular complexity index is 534. The average Bonchev–Trinajstić information content (AvgIpc) is 3.12. The van der Waals surface area contributed by atoms with E-state index in [-0.39, 0.29) is 0 Å². The van der Waals surface area contributed by atoms with E-state index in [9.17, 15) is 30.0 Å². The van der Waals surface area contributed by atoms with Crippen LogP contribution in [-0.2, 0) is 38.6 Å². The fraction of sp³-hybridized carbons (Fsp3) is 0.833. The zero-order valence-electron chi connectivity index (χ0n) is 13.7. The number of carbonyl (C=O) groups excluding carboxylic acids is 2. The summed E-state index contributed by atoms with van der Waals surface area (Å²) in [6, 6.07) is 0.